The molecule has 0 N–H and O–H groups in total. The van der Waals surface area contributed by atoms with Crippen molar-refractivity contribution in [3.8, 4) is 18.4 Å². The second kappa shape index (κ2) is 1.88. The van der Waals surface area contributed by atoms with E-state index in [-0.39, 0.29) is 5.92 Å². The van der Waals surface area contributed by atoms with Crippen molar-refractivity contribution in [1.29, 1.82) is 5.26 Å². The SMILES string of the molecule is C#CC1CC(C#N)C1. The maximum atomic E-state index is 8.28. The molecule has 1 fully saturated rings. The molecule has 0 aromatic carbocycles. The van der Waals surface area contributed by atoms with Gasteiger partial charge in [0.2, 0.25) is 0 Å². The van der Waals surface area contributed by atoms with Crippen LogP contribution in [0.1, 0.15) is 12.8 Å². The van der Waals surface area contributed by atoms with E-state index in [0.29, 0.717) is 5.92 Å². The van der Waals surface area contributed by atoms with Gasteiger partial charge in [0.1, 0.15) is 0 Å². The van der Waals surface area contributed by atoms with Gasteiger partial charge in [0, 0.05) is 11.8 Å². The fourth-order valence-electron chi connectivity index (χ4n) is 0.859. The van der Waals surface area contributed by atoms with Gasteiger partial charge >= 0.3 is 0 Å². The highest BCUT2D eigenvalue weighted by Crippen LogP contribution is 2.31. The number of nitriles is 1. The molecular weight excluding hydrogens is 98.1 g/mol. The number of terminal acetylenes is 1. The van der Waals surface area contributed by atoms with Crippen LogP contribution in [0.15, 0.2) is 0 Å². The summed E-state index contributed by atoms with van der Waals surface area (Å²) >= 11 is 0. The summed E-state index contributed by atoms with van der Waals surface area (Å²) in [6.45, 7) is 0. The van der Waals surface area contributed by atoms with Crippen molar-refractivity contribution in [2.24, 2.45) is 11.8 Å². The molecule has 0 aromatic heterocycles. The number of rotatable bonds is 0. The van der Waals surface area contributed by atoms with Gasteiger partial charge in [0.15, 0.2) is 0 Å². The zero-order valence-corrected chi connectivity index (χ0v) is 4.59. The molecule has 0 saturated heterocycles. The van der Waals surface area contributed by atoms with E-state index < -0.39 is 0 Å². The van der Waals surface area contributed by atoms with E-state index in [2.05, 4.69) is 12.0 Å². The minimum Gasteiger partial charge on any atom is -0.198 e. The lowest BCUT2D eigenvalue weighted by molar-refractivity contribution is 0.314. The van der Waals surface area contributed by atoms with Gasteiger partial charge in [-0.25, -0.2) is 0 Å². The minimum absolute atomic E-state index is 0.260. The van der Waals surface area contributed by atoms with Gasteiger partial charge in [-0.3, -0.25) is 0 Å². The molecule has 0 amide bonds. The van der Waals surface area contributed by atoms with Crippen molar-refractivity contribution in [3.05, 3.63) is 0 Å². The van der Waals surface area contributed by atoms with Gasteiger partial charge in [0.25, 0.3) is 0 Å². The van der Waals surface area contributed by atoms with Crippen LogP contribution >= 0.6 is 0 Å². The Hall–Kier alpha value is -0.950. The van der Waals surface area contributed by atoms with Crippen LogP contribution in [0.2, 0.25) is 0 Å². The molecule has 1 heteroatoms. The number of nitrogens with zero attached hydrogens (tertiary/aromatic N) is 1. The van der Waals surface area contributed by atoms with Crippen molar-refractivity contribution >= 4 is 0 Å². The molecule has 0 heterocycles. The molecule has 0 aliphatic heterocycles. The minimum atomic E-state index is 0.260. The van der Waals surface area contributed by atoms with E-state index in [4.69, 9.17) is 11.7 Å². The summed E-state index contributed by atoms with van der Waals surface area (Å²) in [5.74, 6) is 3.28. The first-order chi connectivity index (χ1) is 3.86. The molecule has 1 nitrogen and oxygen atoms in total. The summed E-state index contributed by atoms with van der Waals surface area (Å²) in [6.07, 6.45) is 6.94. The summed E-state index contributed by atoms with van der Waals surface area (Å²) < 4.78 is 0. The maximum Gasteiger partial charge on any atom is 0.0656 e. The molecule has 1 aliphatic carbocycles. The molecule has 0 aromatic rings. The predicted octanol–water partition coefficient (Wildman–Crippen LogP) is 1.17. The van der Waals surface area contributed by atoms with Crippen LogP contribution in [0, 0.1) is 35.5 Å². The molecule has 0 spiro atoms. The molecule has 0 atom stereocenters. The average molecular weight is 105 g/mol. The quantitative estimate of drug-likeness (QED) is 0.424. The Balaban J connectivity index is 2.27. The molecule has 0 unspecified atom stereocenters. The van der Waals surface area contributed by atoms with E-state index in [1.165, 1.54) is 0 Å². The third-order valence-corrected chi connectivity index (χ3v) is 1.56. The van der Waals surface area contributed by atoms with Crippen molar-refractivity contribution in [2.45, 2.75) is 12.8 Å². The topological polar surface area (TPSA) is 23.8 Å². The van der Waals surface area contributed by atoms with Crippen LogP contribution in [0.25, 0.3) is 0 Å². The van der Waals surface area contributed by atoms with Crippen LogP contribution in [-0.4, -0.2) is 0 Å². The maximum absolute atomic E-state index is 8.28. The normalized spacial score (nSPS) is 34.2. The Morgan fingerprint density at radius 1 is 1.38 bits per heavy atom. The lowest BCUT2D eigenvalue weighted by atomic mass is 9.76. The third kappa shape index (κ3) is 0.678. The lowest BCUT2D eigenvalue weighted by Crippen LogP contribution is -2.20. The molecule has 0 bridgehead atoms. The second-order valence-electron chi connectivity index (χ2n) is 2.16. The van der Waals surface area contributed by atoms with Crippen LogP contribution < -0.4 is 0 Å². The first-order valence-corrected chi connectivity index (χ1v) is 2.72. The summed E-state index contributed by atoms with van der Waals surface area (Å²) in [7, 11) is 0. The zero-order valence-electron chi connectivity index (χ0n) is 4.59. The van der Waals surface area contributed by atoms with Crippen LogP contribution in [0.4, 0.5) is 0 Å². The highest BCUT2D eigenvalue weighted by Gasteiger charge is 2.26. The van der Waals surface area contributed by atoms with Gasteiger partial charge < -0.3 is 0 Å². The predicted molar refractivity (Wildman–Crippen MR) is 30.7 cm³/mol. The van der Waals surface area contributed by atoms with Gasteiger partial charge in [-0.15, -0.1) is 12.3 Å². The van der Waals surface area contributed by atoms with E-state index in [1.54, 1.807) is 0 Å². The fourth-order valence-corrected chi connectivity index (χ4v) is 0.859. The number of hydrogen-bond acceptors (Lipinski definition) is 1. The summed E-state index contributed by atoms with van der Waals surface area (Å²) in [6, 6.07) is 2.17. The van der Waals surface area contributed by atoms with Gasteiger partial charge in [-0.05, 0) is 12.8 Å². The molecule has 1 saturated carbocycles. The summed E-state index contributed by atoms with van der Waals surface area (Å²) in [4.78, 5) is 0. The van der Waals surface area contributed by atoms with Gasteiger partial charge in [-0.1, -0.05) is 0 Å². The Labute approximate surface area is 49.3 Å². The highest BCUT2D eigenvalue weighted by molar-refractivity contribution is 5.05. The standard InChI is InChI=1S/C7H7N/c1-2-6-3-7(4-6)5-8/h1,6-7H,3-4H2. The molecular formula is C7H7N. The zero-order chi connectivity index (χ0) is 5.98. The summed E-state index contributed by atoms with van der Waals surface area (Å²) in [5, 5.41) is 8.28. The Kier molecular flexibility index (Phi) is 1.22. The first-order valence-electron chi connectivity index (χ1n) is 2.72. The van der Waals surface area contributed by atoms with Crippen LogP contribution in [0.5, 0.6) is 0 Å². The largest absolute Gasteiger partial charge is 0.198 e. The Morgan fingerprint density at radius 2 is 2.00 bits per heavy atom. The molecule has 0 radical (unpaired) electrons. The number of hydrogen-bond donors (Lipinski definition) is 0. The first kappa shape index (κ1) is 5.19. The molecule has 40 valence electrons. The van der Waals surface area contributed by atoms with E-state index in [9.17, 15) is 0 Å². The highest BCUT2D eigenvalue weighted by atomic mass is 14.3. The Bertz CT molecular complexity index is 134. The average Bonchev–Trinajstić information content (AvgIpc) is 1.65. The molecule has 8 heavy (non-hydrogen) atoms. The van der Waals surface area contributed by atoms with Crippen molar-refractivity contribution in [3.63, 3.8) is 0 Å². The van der Waals surface area contributed by atoms with Crippen molar-refractivity contribution in [1.82, 2.24) is 0 Å². The molecule has 1 aliphatic rings. The van der Waals surface area contributed by atoms with Gasteiger partial charge in [0.05, 0.1) is 6.07 Å². The van der Waals surface area contributed by atoms with Crippen LogP contribution in [0.3, 0.4) is 0 Å². The summed E-state index contributed by atoms with van der Waals surface area (Å²) in [5.41, 5.74) is 0. The molecule has 1 rings (SSSR count). The monoisotopic (exact) mass is 105 g/mol. The smallest absolute Gasteiger partial charge is 0.0656 e. The van der Waals surface area contributed by atoms with Crippen molar-refractivity contribution < 1.29 is 0 Å². The third-order valence-electron chi connectivity index (χ3n) is 1.56. The fraction of sp³-hybridized carbons (Fsp3) is 0.571. The van der Waals surface area contributed by atoms with Gasteiger partial charge in [-0.2, -0.15) is 5.26 Å². The lowest BCUT2D eigenvalue weighted by Gasteiger charge is -2.25. The van der Waals surface area contributed by atoms with Crippen LogP contribution in [-0.2, 0) is 0 Å². The van der Waals surface area contributed by atoms with E-state index in [0.717, 1.165) is 12.8 Å². The van der Waals surface area contributed by atoms with E-state index >= 15 is 0 Å². The van der Waals surface area contributed by atoms with E-state index in [1.807, 2.05) is 0 Å². The Morgan fingerprint density at radius 3 is 2.38 bits per heavy atom. The van der Waals surface area contributed by atoms with Crippen molar-refractivity contribution in [2.75, 3.05) is 0 Å². The second-order valence-corrected chi connectivity index (χ2v) is 2.16.